The SMILES string of the molecule is CCCCC(CC)C(=O)Nc1ccc(CC(=O)O)nc1. The zero-order valence-corrected chi connectivity index (χ0v) is 12.1. The normalized spacial score (nSPS) is 11.9. The molecule has 0 aliphatic carbocycles. The average Bonchev–Trinajstić information content (AvgIpc) is 2.41. The van der Waals surface area contributed by atoms with Crippen LogP contribution in [0.25, 0.3) is 0 Å². The summed E-state index contributed by atoms with van der Waals surface area (Å²) in [6.07, 6.45) is 5.22. The summed E-state index contributed by atoms with van der Waals surface area (Å²) in [5, 5.41) is 11.5. The Hall–Kier alpha value is -1.91. The quantitative estimate of drug-likeness (QED) is 0.766. The summed E-state index contributed by atoms with van der Waals surface area (Å²) in [6.45, 7) is 4.11. The van der Waals surface area contributed by atoms with Gasteiger partial charge in [0, 0.05) is 5.92 Å². The van der Waals surface area contributed by atoms with Crippen molar-refractivity contribution in [3.8, 4) is 0 Å². The molecule has 1 aromatic rings. The number of carbonyl (C=O) groups excluding carboxylic acids is 1. The number of carbonyl (C=O) groups is 2. The van der Waals surface area contributed by atoms with Crippen molar-refractivity contribution in [2.24, 2.45) is 5.92 Å². The number of pyridine rings is 1. The second kappa shape index (κ2) is 8.30. The van der Waals surface area contributed by atoms with Crippen molar-refractivity contribution in [3.63, 3.8) is 0 Å². The van der Waals surface area contributed by atoms with E-state index in [1.165, 1.54) is 6.20 Å². The summed E-state index contributed by atoms with van der Waals surface area (Å²) in [5.41, 5.74) is 1.09. The van der Waals surface area contributed by atoms with Crippen LogP contribution in [0.2, 0.25) is 0 Å². The molecule has 0 bridgehead atoms. The van der Waals surface area contributed by atoms with Gasteiger partial charge in [0.05, 0.1) is 24.0 Å². The van der Waals surface area contributed by atoms with Gasteiger partial charge in [-0.25, -0.2) is 0 Å². The van der Waals surface area contributed by atoms with Crippen LogP contribution in [0.4, 0.5) is 5.69 Å². The Morgan fingerprint density at radius 2 is 2.10 bits per heavy atom. The molecule has 1 aromatic heterocycles. The van der Waals surface area contributed by atoms with E-state index in [1.54, 1.807) is 12.1 Å². The number of nitrogens with zero attached hydrogens (tertiary/aromatic N) is 1. The van der Waals surface area contributed by atoms with Gasteiger partial charge in [0.15, 0.2) is 0 Å². The predicted molar refractivity (Wildman–Crippen MR) is 77.5 cm³/mol. The van der Waals surface area contributed by atoms with E-state index in [9.17, 15) is 9.59 Å². The van der Waals surface area contributed by atoms with Crippen LogP contribution < -0.4 is 5.32 Å². The highest BCUT2D eigenvalue weighted by molar-refractivity contribution is 5.92. The highest BCUT2D eigenvalue weighted by Crippen LogP contribution is 2.16. The van der Waals surface area contributed by atoms with Gasteiger partial charge in [-0.3, -0.25) is 14.6 Å². The topological polar surface area (TPSA) is 79.3 Å². The molecule has 1 atom stereocenters. The summed E-state index contributed by atoms with van der Waals surface area (Å²) in [4.78, 5) is 26.7. The molecule has 2 N–H and O–H groups in total. The number of rotatable bonds is 8. The first-order valence-electron chi connectivity index (χ1n) is 7.04. The zero-order valence-electron chi connectivity index (χ0n) is 12.1. The second-order valence-electron chi connectivity index (χ2n) is 4.85. The Labute approximate surface area is 119 Å². The van der Waals surface area contributed by atoms with Crippen LogP contribution in [0.3, 0.4) is 0 Å². The molecule has 0 aliphatic rings. The largest absolute Gasteiger partial charge is 0.481 e. The van der Waals surface area contributed by atoms with Gasteiger partial charge in [-0.2, -0.15) is 0 Å². The average molecular weight is 278 g/mol. The molecule has 110 valence electrons. The number of aliphatic carboxylic acids is 1. The number of carboxylic acid groups (broad SMARTS) is 1. The van der Waals surface area contributed by atoms with Crippen molar-refractivity contribution in [2.75, 3.05) is 5.32 Å². The number of anilines is 1. The van der Waals surface area contributed by atoms with Gasteiger partial charge in [0.25, 0.3) is 0 Å². The standard InChI is InChI=1S/C15H22N2O3/c1-3-5-6-11(4-2)15(20)17-13-8-7-12(16-10-13)9-14(18)19/h7-8,10-11H,3-6,9H2,1-2H3,(H,17,20)(H,18,19). The van der Waals surface area contributed by atoms with Crippen LogP contribution in [-0.4, -0.2) is 22.0 Å². The molecular formula is C15H22N2O3. The van der Waals surface area contributed by atoms with Crippen LogP contribution in [0.1, 0.15) is 45.2 Å². The number of nitrogens with one attached hydrogen (secondary N) is 1. The molecule has 5 heteroatoms. The van der Waals surface area contributed by atoms with Gasteiger partial charge in [0.2, 0.25) is 5.91 Å². The molecule has 1 heterocycles. The van der Waals surface area contributed by atoms with Crippen LogP contribution in [0.5, 0.6) is 0 Å². The zero-order chi connectivity index (χ0) is 15.0. The minimum atomic E-state index is -0.917. The van der Waals surface area contributed by atoms with E-state index >= 15 is 0 Å². The van der Waals surface area contributed by atoms with E-state index in [-0.39, 0.29) is 18.2 Å². The van der Waals surface area contributed by atoms with Gasteiger partial charge in [-0.15, -0.1) is 0 Å². The fourth-order valence-corrected chi connectivity index (χ4v) is 1.97. The summed E-state index contributed by atoms with van der Waals surface area (Å²) in [5.74, 6) is -0.887. The van der Waals surface area contributed by atoms with E-state index in [4.69, 9.17) is 5.11 Å². The number of unbranched alkanes of at least 4 members (excludes halogenated alkanes) is 1. The molecule has 0 saturated carbocycles. The highest BCUT2D eigenvalue weighted by Gasteiger charge is 2.15. The maximum atomic E-state index is 12.1. The van der Waals surface area contributed by atoms with E-state index in [1.807, 2.05) is 6.92 Å². The third-order valence-corrected chi connectivity index (χ3v) is 3.19. The smallest absolute Gasteiger partial charge is 0.309 e. The first-order chi connectivity index (χ1) is 9.56. The van der Waals surface area contributed by atoms with Crippen molar-refractivity contribution in [1.82, 2.24) is 4.98 Å². The first-order valence-corrected chi connectivity index (χ1v) is 7.04. The van der Waals surface area contributed by atoms with Crippen LogP contribution in [0, 0.1) is 5.92 Å². The molecule has 0 aromatic carbocycles. The third-order valence-electron chi connectivity index (χ3n) is 3.19. The van der Waals surface area contributed by atoms with Gasteiger partial charge in [-0.05, 0) is 25.0 Å². The van der Waals surface area contributed by atoms with E-state index in [0.717, 1.165) is 25.7 Å². The minimum Gasteiger partial charge on any atom is -0.481 e. The highest BCUT2D eigenvalue weighted by atomic mass is 16.4. The molecule has 0 radical (unpaired) electrons. The second-order valence-corrected chi connectivity index (χ2v) is 4.85. The molecule has 1 unspecified atom stereocenters. The molecule has 1 amide bonds. The van der Waals surface area contributed by atoms with E-state index in [2.05, 4.69) is 17.2 Å². The van der Waals surface area contributed by atoms with Crippen molar-refractivity contribution in [1.29, 1.82) is 0 Å². The van der Waals surface area contributed by atoms with Crippen molar-refractivity contribution in [3.05, 3.63) is 24.0 Å². The van der Waals surface area contributed by atoms with Gasteiger partial charge >= 0.3 is 5.97 Å². The van der Waals surface area contributed by atoms with Crippen LogP contribution in [-0.2, 0) is 16.0 Å². The maximum absolute atomic E-state index is 12.1. The minimum absolute atomic E-state index is 0.00809. The first kappa shape index (κ1) is 16.1. The van der Waals surface area contributed by atoms with Crippen molar-refractivity contribution >= 4 is 17.6 Å². The lowest BCUT2D eigenvalue weighted by atomic mass is 9.98. The van der Waals surface area contributed by atoms with Crippen LogP contribution >= 0.6 is 0 Å². The van der Waals surface area contributed by atoms with Crippen molar-refractivity contribution < 1.29 is 14.7 Å². The fraction of sp³-hybridized carbons (Fsp3) is 0.533. The Balaban J connectivity index is 2.58. The number of amides is 1. The summed E-state index contributed by atoms with van der Waals surface area (Å²) in [6, 6.07) is 3.31. The van der Waals surface area contributed by atoms with Gasteiger partial charge < -0.3 is 10.4 Å². The monoisotopic (exact) mass is 278 g/mol. The number of hydrogen-bond acceptors (Lipinski definition) is 3. The summed E-state index contributed by atoms with van der Waals surface area (Å²) >= 11 is 0. The number of aromatic nitrogens is 1. The lowest BCUT2D eigenvalue weighted by Gasteiger charge is -2.14. The summed E-state index contributed by atoms with van der Waals surface area (Å²) in [7, 11) is 0. The molecule has 1 rings (SSSR count). The van der Waals surface area contributed by atoms with Crippen LogP contribution in [0.15, 0.2) is 18.3 Å². The Bertz CT molecular complexity index is 443. The Morgan fingerprint density at radius 1 is 1.35 bits per heavy atom. The third kappa shape index (κ3) is 5.38. The maximum Gasteiger partial charge on any atom is 0.309 e. The lowest BCUT2D eigenvalue weighted by molar-refractivity contribution is -0.136. The Kier molecular flexibility index (Phi) is 6.70. The molecule has 20 heavy (non-hydrogen) atoms. The molecule has 0 saturated heterocycles. The Morgan fingerprint density at radius 3 is 2.60 bits per heavy atom. The molecule has 0 spiro atoms. The molecule has 0 fully saturated rings. The molecular weight excluding hydrogens is 256 g/mol. The predicted octanol–water partition coefficient (Wildman–Crippen LogP) is 2.86. The van der Waals surface area contributed by atoms with Crippen molar-refractivity contribution in [2.45, 2.75) is 46.0 Å². The number of hydrogen-bond donors (Lipinski definition) is 2. The van der Waals surface area contributed by atoms with E-state index in [0.29, 0.717) is 11.4 Å². The fourth-order valence-electron chi connectivity index (χ4n) is 1.97. The van der Waals surface area contributed by atoms with Gasteiger partial charge in [-0.1, -0.05) is 26.7 Å². The summed E-state index contributed by atoms with van der Waals surface area (Å²) < 4.78 is 0. The lowest BCUT2D eigenvalue weighted by Crippen LogP contribution is -2.22. The molecule has 5 nitrogen and oxygen atoms in total. The molecule has 0 aliphatic heterocycles. The van der Waals surface area contributed by atoms with Gasteiger partial charge in [0.1, 0.15) is 0 Å². The number of carboxylic acids is 1. The van der Waals surface area contributed by atoms with E-state index < -0.39 is 5.97 Å².